The van der Waals surface area contributed by atoms with Crippen LogP contribution >= 0.6 is 0 Å². The Morgan fingerprint density at radius 3 is 2.38 bits per heavy atom. The predicted octanol–water partition coefficient (Wildman–Crippen LogP) is 2.87. The lowest BCUT2D eigenvalue weighted by Crippen LogP contribution is -2.24. The lowest BCUT2D eigenvalue weighted by atomic mass is 10.2. The lowest BCUT2D eigenvalue weighted by Gasteiger charge is -2.07. The van der Waals surface area contributed by atoms with Gasteiger partial charge in [0, 0.05) is 5.69 Å². The Morgan fingerprint density at radius 2 is 1.73 bits per heavy atom. The van der Waals surface area contributed by atoms with Crippen LogP contribution in [0.2, 0.25) is 0 Å². The Labute approximate surface area is 150 Å². The minimum atomic E-state index is -0.407. The van der Waals surface area contributed by atoms with Crippen molar-refractivity contribution in [3.63, 3.8) is 0 Å². The molecule has 0 aliphatic rings. The predicted molar refractivity (Wildman–Crippen MR) is 95.1 cm³/mol. The number of rotatable bonds is 6. The number of carbonyl (C=O) groups excluding carboxylic acids is 2. The minimum Gasteiger partial charge on any atom is -0.497 e. The molecule has 0 atom stereocenters. The van der Waals surface area contributed by atoms with Gasteiger partial charge in [-0.1, -0.05) is 6.07 Å². The van der Waals surface area contributed by atoms with E-state index in [2.05, 4.69) is 15.6 Å². The molecule has 1 aromatic carbocycles. The zero-order valence-corrected chi connectivity index (χ0v) is 14.1. The van der Waals surface area contributed by atoms with Crippen LogP contribution in [-0.4, -0.2) is 23.9 Å². The second-order valence-electron chi connectivity index (χ2n) is 5.35. The van der Waals surface area contributed by atoms with Gasteiger partial charge in [0.25, 0.3) is 11.8 Å². The number of furan rings is 1. The second kappa shape index (κ2) is 7.98. The Hall–Kier alpha value is -3.61. The molecule has 0 unspecified atom stereocenters. The topological polar surface area (TPSA) is 93.5 Å². The first-order valence-corrected chi connectivity index (χ1v) is 7.89. The molecule has 2 aromatic heterocycles. The highest BCUT2D eigenvalue weighted by molar-refractivity contribution is 6.03. The number of benzene rings is 1. The third kappa shape index (κ3) is 4.27. The van der Waals surface area contributed by atoms with Crippen molar-refractivity contribution in [3.05, 3.63) is 78.0 Å². The van der Waals surface area contributed by atoms with Crippen LogP contribution in [0.25, 0.3) is 0 Å². The van der Waals surface area contributed by atoms with Crippen LogP contribution in [0.5, 0.6) is 5.75 Å². The number of carbonyl (C=O) groups is 2. The zero-order chi connectivity index (χ0) is 18.4. The van der Waals surface area contributed by atoms with Gasteiger partial charge in [0.1, 0.15) is 22.9 Å². The van der Waals surface area contributed by atoms with Crippen molar-refractivity contribution in [2.75, 3.05) is 12.4 Å². The summed E-state index contributed by atoms with van der Waals surface area (Å²) in [6.45, 7) is 0.246. The summed E-state index contributed by atoms with van der Waals surface area (Å²) in [6.07, 6.45) is 1.53. The third-order valence-corrected chi connectivity index (χ3v) is 3.57. The SMILES string of the molecule is COc1ccc(NC(=O)c2cccc(C(=O)NCc3ccco3)n2)cc1. The Kier molecular flexibility index (Phi) is 5.28. The van der Waals surface area contributed by atoms with Gasteiger partial charge < -0.3 is 19.8 Å². The molecule has 0 aliphatic carbocycles. The summed E-state index contributed by atoms with van der Waals surface area (Å²) in [7, 11) is 1.57. The van der Waals surface area contributed by atoms with E-state index in [0.717, 1.165) is 0 Å². The van der Waals surface area contributed by atoms with Gasteiger partial charge in [-0.3, -0.25) is 9.59 Å². The molecule has 0 radical (unpaired) electrons. The molecule has 0 bridgehead atoms. The monoisotopic (exact) mass is 351 g/mol. The van der Waals surface area contributed by atoms with E-state index in [9.17, 15) is 9.59 Å². The second-order valence-corrected chi connectivity index (χ2v) is 5.35. The molecule has 2 heterocycles. The van der Waals surface area contributed by atoms with Crippen molar-refractivity contribution in [1.82, 2.24) is 10.3 Å². The van der Waals surface area contributed by atoms with Gasteiger partial charge in [-0.05, 0) is 48.5 Å². The summed E-state index contributed by atoms with van der Waals surface area (Å²) in [5.41, 5.74) is 0.899. The van der Waals surface area contributed by atoms with Gasteiger partial charge in [0.15, 0.2) is 0 Å². The van der Waals surface area contributed by atoms with Crippen LogP contribution in [0.1, 0.15) is 26.7 Å². The maximum absolute atomic E-state index is 12.3. The first-order valence-electron chi connectivity index (χ1n) is 7.89. The number of nitrogens with one attached hydrogen (secondary N) is 2. The summed E-state index contributed by atoms with van der Waals surface area (Å²) in [4.78, 5) is 28.6. The van der Waals surface area contributed by atoms with Crippen molar-refractivity contribution in [3.8, 4) is 5.75 Å². The molecule has 0 saturated heterocycles. The first kappa shape index (κ1) is 17.2. The Morgan fingerprint density at radius 1 is 1.00 bits per heavy atom. The van der Waals surface area contributed by atoms with E-state index >= 15 is 0 Å². The van der Waals surface area contributed by atoms with E-state index in [0.29, 0.717) is 17.2 Å². The van der Waals surface area contributed by atoms with Crippen LogP contribution in [0.3, 0.4) is 0 Å². The van der Waals surface area contributed by atoms with Gasteiger partial charge >= 0.3 is 0 Å². The number of anilines is 1. The molecule has 0 spiro atoms. The van der Waals surface area contributed by atoms with E-state index in [1.807, 2.05) is 0 Å². The molecule has 0 fully saturated rings. The number of nitrogens with zero attached hydrogens (tertiary/aromatic N) is 1. The van der Waals surface area contributed by atoms with E-state index in [1.165, 1.54) is 6.26 Å². The average molecular weight is 351 g/mol. The largest absolute Gasteiger partial charge is 0.497 e. The minimum absolute atomic E-state index is 0.145. The van der Waals surface area contributed by atoms with Gasteiger partial charge in [0.2, 0.25) is 0 Å². The van der Waals surface area contributed by atoms with Crippen molar-refractivity contribution >= 4 is 17.5 Å². The van der Waals surface area contributed by atoms with Crippen LogP contribution in [-0.2, 0) is 6.54 Å². The fraction of sp³-hybridized carbons (Fsp3) is 0.105. The van der Waals surface area contributed by atoms with Crippen LogP contribution in [0, 0.1) is 0 Å². The van der Waals surface area contributed by atoms with Crippen LogP contribution in [0.4, 0.5) is 5.69 Å². The molecule has 2 N–H and O–H groups in total. The Balaban J connectivity index is 1.65. The standard InChI is InChI=1S/C19H17N3O4/c1-25-14-9-7-13(8-10-14)21-19(24)17-6-2-5-16(22-17)18(23)20-12-15-4-3-11-26-15/h2-11H,12H2,1H3,(H,20,23)(H,21,24). The summed E-state index contributed by atoms with van der Waals surface area (Å²) < 4.78 is 10.2. The lowest BCUT2D eigenvalue weighted by molar-refractivity contribution is 0.0943. The number of aromatic nitrogens is 1. The van der Waals surface area contributed by atoms with E-state index < -0.39 is 5.91 Å². The average Bonchev–Trinajstić information content (AvgIpc) is 3.20. The summed E-state index contributed by atoms with van der Waals surface area (Å²) >= 11 is 0. The number of ether oxygens (including phenoxy) is 1. The summed E-state index contributed by atoms with van der Waals surface area (Å²) in [5, 5.41) is 5.42. The highest BCUT2D eigenvalue weighted by Crippen LogP contribution is 2.15. The fourth-order valence-corrected chi connectivity index (χ4v) is 2.23. The van der Waals surface area contributed by atoms with Gasteiger partial charge in [-0.2, -0.15) is 0 Å². The smallest absolute Gasteiger partial charge is 0.274 e. The van der Waals surface area contributed by atoms with Gasteiger partial charge in [-0.25, -0.2) is 4.98 Å². The highest BCUT2D eigenvalue weighted by atomic mass is 16.5. The third-order valence-electron chi connectivity index (χ3n) is 3.57. The molecule has 2 amide bonds. The quantitative estimate of drug-likeness (QED) is 0.712. The van der Waals surface area contributed by atoms with Crippen LogP contribution in [0.15, 0.2) is 65.3 Å². The number of methoxy groups -OCH3 is 1. The van der Waals surface area contributed by atoms with Crippen molar-refractivity contribution in [2.45, 2.75) is 6.54 Å². The van der Waals surface area contributed by atoms with Gasteiger partial charge in [-0.15, -0.1) is 0 Å². The van der Waals surface area contributed by atoms with Gasteiger partial charge in [0.05, 0.1) is 19.9 Å². The van der Waals surface area contributed by atoms with E-state index in [-0.39, 0.29) is 23.8 Å². The maximum Gasteiger partial charge on any atom is 0.274 e. The molecule has 0 saturated carbocycles. The summed E-state index contributed by atoms with van der Waals surface area (Å²) in [5.74, 6) is 0.527. The number of amides is 2. The number of hydrogen-bond donors (Lipinski definition) is 2. The molecule has 3 aromatic rings. The van der Waals surface area contributed by atoms with E-state index in [1.54, 1.807) is 61.7 Å². The maximum atomic E-state index is 12.3. The molecular weight excluding hydrogens is 334 g/mol. The van der Waals surface area contributed by atoms with E-state index in [4.69, 9.17) is 9.15 Å². The fourth-order valence-electron chi connectivity index (χ4n) is 2.23. The summed E-state index contributed by atoms with van der Waals surface area (Å²) in [6, 6.07) is 15.1. The molecule has 0 aliphatic heterocycles. The normalized spacial score (nSPS) is 10.2. The molecular formula is C19H17N3O4. The van der Waals surface area contributed by atoms with Crippen LogP contribution < -0.4 is 15.4 Å². The number of hydrogen-bond acceptors (Lipinski definition) is 5. The molecule has 132 valence electrons. The van der Waals surface area contributed by atoms with Crippen molar-refractivity contribution < 1.29 is 18.7 Å². The molecule has 26 heavy (non-hydrogen) atoms. The highest BCUT2D eigenvalue weighted by Gasteiger charge is 2.13. The Bertz CT molecular complexity index is 889. The molecule has 3 rings (SSSR count). The first-order chi connectivity index (χ1) is 12.7. The number of pyridine rings is 1. The molecule has 7 nitrogen and oxygen atoms in total. The molecule has 7 heteroatoms. The van der Waals surface area contributed by atoms with Crippen molar-refractivity contribution in [1.29, 1.82) is 0 Å². The zero-order valence-electron chi connectivity index (χ0n) is 14.1. The van der Waals surface area contributed by atoms with Crippen molar-refractivity contribution in [2.24, 2.45) is 0 Å².